The van der Waals surface area contributed by atoms with Crippen LogP contribution in [0.3, 0.4) is 0 Å². The second kappa shape index (κ2) is 3.33. The van der Waals surface area contributed by atoms with E-state index in [4.69, 9.17) is 5.11 Å². The van der Waals surface area contributed by atoms with Crippen LogP contribution in [-0.4, -0.2) is 16.2 Å². The topological polar surface area (TPSA) is 57.5 Å². The van der Waals surface area contributed by atoms with E-state index in [1.807, 2.05) is 24.3 Å². The maximum absolute atomic E-state index is 10.9. The van der Waals surface area contributed by atoms with Crippen molar-refractivity contribution in [2.24, 2.45) is 0 Å². The van der Waals surface area contributed by atoms with E-state index in [9.17, 15) is 9.90 Å². The maximum atomic E-state index is 10.9. The Kier molecular flexibility index (Phi) is 2.11. The third-order valence-corrected chi connectivity index (χ3v) is 4.07. The first-order chi connectivity index (χ1) is 8.06. The van der Waals surface area contributed by atoms with Gasteiger partial charge >= 0.3 is 5.97 Å². The zero-order chi connectivity index (χ0) is 12.1. The molecule has 3 rings (SSSR count). The minimum absolute atomic E-state index is 0.181. The predicted molar refractivity (Wildman–Crippen MR) is 62.7 cm³/mol. The largest absolute Gasteiger partial charge is 0.481 e. The molecule has 0 amide bonds. The number of carboxylic acid groups (broad SMARTS) is 1. The quantitative estimate of drug-likeness (QED) is 0.836. The molecule has 1 aromatic rings. The standard InChI is InChI=1S/C14H16O3/c15-12(16)9-13(5-6-13)10-3-1-2-4-11(10)14(17)7-8-14/h1-4,17H,5-9H2,(H,15,16). The summed E-state index contributed by atoms with van der Waals surface area (Å²) in [6.45, 7) is 0. The third kappa shape index (κ3) is 1.75. The lowest BCUT2D eigenvalue weighted by Gasteiger charge is -2.20. The lowest BCUT2D eigenvalue weighted by molar-refractivity contribution is -0.137. The molecule has 2 fully saturated rings. The highest BCUT2D eigenvalue weighted by Gasteiger charge is 2.52. The zero-order valence-corrected chi connectivity index (χ0v) is 9.65. The van der Waals surface area contributed by atoms with Crippen molar-refractivity contribution in [3.63, 3.8) is 0 Å². The lowest BCUT2D eigenvalue weighted by Crippen LogP contribution is -2.18. The molecule has 0 spiro atoms. The molecule has 1 aromatic carbocycles. The van der Waals surface area contributed by atoms with Gasteiger partial charge in [0.1, 0.15) is 0 Å². The first-order valence-electron chi connectivity index (χ1n) is 6.10. The van der Waals surface area contributed by atoms with Crippen molar-refractivity contribution in [2.45, 2.75) is 43.1 Å². The molecule has 17 heavy (non-hydrogen) atoms. The molecule has 2 aliphatic rings. The number of carboxylic acids is 1. The Labute approximate surface area is 100 Å². The second-order valence-electron chi connectivity index (χ2n) is 5.43. The van der Waals surface area contributed by atoms with Crippen LogP contribution >= 0.6 is 0 Å². The van der Waals surface area contributed by atoms with E-state index in [0.717, 1.165) is 36.8 Å². The smallest absolute Gasteiger partial charge is 0.304 e. The summed E-state index contributed by atoms with van der Waals surface area (Å²) >= 11 is 0. The minimum Gasteiger partial charge on any atom is -0.481 e. The summed E-state index contributed by atoms with van der Waals surface area (Å²) in [5, 5.41) is 19.3. The van der Waals surface area contributed by atoms with Gasteiger partial charge in [-0.1, -0.05) is 24.3 Å². The van der Waals surface area contributed by atoms with Crippen molar-refractivity contribution < 1.29 is 15.0 Å². The number of hydrogen-bond acceptors (Lipinski definition) is 2. The highest BCUT2D eigenvalue weighted by Crippen LogP contribution is 2.56. The van der Waals surface area contributed by atoms with Crippen LogP contribution in [0, 0.1) is 0 Å². The molecular formula is C14H16O3. The minimum atomic E-state index is -0.750. The van der Waals surface area contributed by atoms with Crippen molar-refractivity contribution in [1.82, 2.24) is 0 Å². The van der Waals surface area contributed by atoms with Crippen LogP contribution in [0.1, 0.15) is 43.2 Å². The molecule has 0 atom stereocenters. The molecule has 3 heteroatoms. The fourth-order valence-corrected chi connectivity index (χ4v) is 2.72. The van der Waals surface area contributed by atoms with E-state index in [2.05, 4.69) is 0 Å². The van der Waals surface area contributed by atoms with E-state index in [-0.39, 0.29) is 11.8 Å². The fourth-order valence-electron chi connectivity index (χ4n) is 2.72. The molecule has 2 N–H and O–H groups in total. The SMILES string of the molecule is O=C(O)CC1(c2ccccc2C2(O)CC2)CC1. The Hall–Kier alpha value is -1.35. The van der Waals surface area contributed by atoms with Crippen molar-refractivity contribution in [2.75, 3.05) is 0 Å². The van der Waals surface area contributed by atoms with Crippen molar-refractivity contribution in [3.05, 3.63) is 35.4 Å². The lowest BCUT2D eigenvalue weighted by atomic mass is 9.86. The average Bonchev–Trinajstić information content (AvgIpc) is 3.18. The number of aliphatic hydroxyl groups is 1. The monoisotopic (exact) mass is 232 g/mol. The Morgan fingerprint density at radius 1 is 1.12 bits per heavy atom. The molecular weight excluding hydrogens is 216 g/mol. The molecule has 0 unspecified atom stereocenters. The number of aliphatic carboxylic acids is 1. The normalized spacial score (nSPS) is 23.1. The summed E-state index contributed by atoms with van der Waals surface area (Å²) in [5.41, 5.74) is 1.13. The molecule has 0 aromatic heterocycles. The number of benzene rings is 1. The van der Waals surface area contributed by atoms with Crippen LogP contribution < -0.4 is 0 Å². The van der Waals surface area contributed by atoms with Crippen LogP contribution in [0.4, 0.5) is 0 Å². The fraction of sp³-hybridized carbons (Fsp3) is 0.500. The van der Waals surface area contributed by atoms with Crippen LogP contribution in [0.2, 0.25) is 0 Å². The summed E-state index contributed by atoms with van der Waals surface area (Å²) in [5.74, 6) is -0.750. The van der Waals surface area contributed by atoms with Crippen LogP contribution in [0.15, 0.2) is 24.3 Å². The molecule has 2 saturated carbocycles. The van der Waals surface area contributed by atoms with Gasteiger partial charge in [0.15, 0.2) is 0 Å². The summed E-state index contributed by atoms with van der Waals surface area (Å²) < 4.78 is 0. The van der Waals surface area contributed by atoms with Gasteiger partial charge in [0.05, 0.1) is 12.0 Å². The Balaban J connectivity index is 2.00. The Bertz CT molecular complexity index is 470. The molecule has 0 saturated heterocycles. The van der Waals surface area contributed by atoms with Crippen LogP contribution in [-0.2, 0) is 15.8 Å². The van der Waals surface area contributed by atoms with Gasteiger partial charge in [-0.15, -0.1) is 0 Å². The van der Waals surface area contributed by atoms with Gasteiger partial charge in [-0.2, -0.15) is 0 Å². The van der Waals surface area contributed by atoms with E-state index in [1.54, 1.807) is 0 Å². The molecule has 0 heterocycles. The molecule has 90 valence electrons. The molecule has 3 nitrogen and oxygen atoms in total. The van der Waals surface area contributed by atoms with Gasteiger partial charge in [-0.05, 0) is 36.8 Å². The third-order valence-electron chi connectivity index (χ3n) is 4.07. The number of carbonyl (C=O) groups is 1. The molecule has 0 aliphatic heterocycles. The summed E-state index contributed by atoms with van der Waals surface area (Å²) in [6.07, 6.45) is 3.62. The van der Waals surface area contributed by atoms with Crippen molar-refractivity contribution in [1.29, 1.82) is 0 Å². The highest BCUT2D eigenvalue weighted by atomic mass is 16.4. The Morgan fingerprint density at radius 3 is 2.18 bits per heavy atom. The number of hydrogen-bond donors (Lipinski definition) is 2. The Morgan fingerprint density at radius 2 is 1.71 bits per heavy atom. The summed E-state index contributed by atoms with van der Waals surface area (Å²) in [6, 6.07) is 7.80. The van der Waals surface area contributed by atoms with E-state index < -0.39 is 11.6 Å². The van der Waals surface area contributed by atoms with Gasteiger partial charge in [-0.3, -0.25) is 4.79 Å². The predicted octanol–water partition coefficient (Wildman–Crippen LogP) is 2.17. The second-order valence-corrected chi connectivity index (χ2v) is 5.43. The maximum Gasteiger partial charge on any atom is 0.304 e. The van der Waals surface area contributed by atoms with Crippen LogP contribution in [0.5, 0.6) is 0 Å². The highest BCUT2D eigenvalue weighted by molar-refractivity contribution is 5.70. The average molecular weight is 232 g/mol. The number of rotatable bonds is 4. The molecule has 0 radical (unpaired) electrons. The van der Waals surface area contributed by atoms with Gasteiger partial charge in [0.2, 0.25) is 0 Å². The molecule has 0 bridgehead atoms. The van der Waals surface area contributed by atoms with E-state index in [0.29, 0.717) is 0 Å². The first kappa shape index (κ1) is 10.8. The van der Waals surface area contributed by atoms with Gasteiger partial charge < -0.3 is 10.2 Å². The van der Waals surface area contributed by atoms with Crippen molar-refractivity contribution >= 4 is 5.97 Å². The van der Waals surface area contributed by atoms with Crippen molar-refractivity contribution in [3.8, 4) is 0 Å². The molecule has 2 aliphatic carbocycles. The summed E-state index contributed by atoms with van der Waals surface area (Å²) in [4.78, 5) is 10.9. The van der Waals surface area contributed by atoms with Gasteiger partial charge in [-0.25, -0.2) is 0 Å². The summed E-state index contributed by atoms with van der Waals surface area (Å²) in [7, 11) is 0. The first-order valence-corrected chi connectivity index (χ1v) is 6.10. The van der Waals surface area contributed by atoms with Crippen LogP contribution in [0.25, 0.3) is 0 Å². The van der Waals surface area contributed by atoms with E-state index in [1.165, 1.54) is 0 Å². The van der Waals surface area contributed by atoms with Gasteiger partial charge in [0, 0.05) is 5.41 Å². The zero-order valence-electron chi connectivity index (χ0n) is 9.65. The van der Waals surface area contributed by atoms with E-state index >= 15 is 0 Å². The van der Waals surface area contributed by atoms with Gasteiger partial charge in [0.25, 0.3) is 0 Å².